The van der Waals surface area contributed by atoms with E-state index in [-0.39, 0.29) is 25.5 Å². The summed E-state index contributed by atoms with van der Waals surface area (Å²) in [6.07, 6.45) is 10.8. The van der Waals surface area contributed by atoms with Crippen LogP contribution in [0.2, 0.25) is 0 Å². The van der Waals surface area contributed by atoms with Crippen molar-refractivity contribution in [3.63, 3.8) is 0 Å². The Bertz CT molecular complexity index is 830. The first kappa shape index (κ1) is 30.0. The van der Waals surface area contributed by atoms with Crippen molar-refractivity contribution in [3.05, 3.63) is 35.4 Å². The molecular formula is C30H49NO6. The van der Waals surface area contributed by atoms with E-state index in [4.69, 9.17) is 18.9 Å². The average Bonchev–Trinajstić information content (AvgIpc) is 3.26. The fourth-order valence-corrected chi connectivity index (χ4v) is 5.31. The van der Waals surface area contributed by atoms with E-state index in [1.165, 1.54) is 51.4 Å². The highest BCUT2D eigenvalue weighted by Gasteiger charge is 2.64. The molecule has 2 saturated heterocycles. The molecule has 210 valence electrons. The molecule has 2 N–H and O–H groups in total. The first-order valence-corrected chi connectivity index (χ1v) is 14.4. The molecule has 3 rings (SSSR count). The second-order valence-corrected chi connectivity index (χ2v) is 11.1. The van der Waals surface area contributed by atoms with Gasteiger partial charge in [-0.2, -0.15) is 0 Å². The third-order valence-electron chi connectivity index (χ3n) is 7.36. The van der Waals surface area contributed by atoms with Gasteiger partial charge >= 0.3 is 0 Å². The van der Waals surface area contributed by atoms with E-state index in [1.807, 2.05) is 45.0 Å². The molecule has 0 radical (unpaired) electrons. The molecule has 0 aromatic heterocycles. The minimum absolute atomic E-state index is 0.115. The first-order chi connectivity index (χ1) is 17.8. The van der Waals surface area contributed by atoms with Gasteiger partial charge in [0, 0.05) is 13.2 Å². The number of amides is 1. The lowest BCUT2D eigenvalue weighted by molar-refractivity contribution is -0.277. The number of carbonyl (C=O) groups excluding carboxylic acids is 1. The maximum atomic E-state index is 12.5. The molecule has 4 atom stereocenters. The van der Waals surface area contributed by atoms with Crippen LogP contribution in [0.3, 0.4) is 0 Å². The van der Waals surface area contributed by atoms with Gasteiger partial charge in [0.15, 0.2) is 5.79 Å². The lowest BCUT2D eigenvalue weighted by atomic mass is 10.0. The predicted octanol–water partition coefficient (Wildman–Crippen LogP) is 5.20. The molecule has 0 bridgehead atoms. The normalized spacial score (nSPS) is 26.4. The van der Waals surface area contributed by atoms with Crippen molar-refractivity contribution < 1.29 is 28.8 Å². The quantitative estimate of drug-likeness (QED) is 0.275. The standard InChI is InChI=1S/C30H49NO6/c1-5-6-7-8-9-10-11-12-13-16-19-34-22-30-28(36-29(3,4)37-30)27(33)25(35-30)21-31-26(32)20-24-18-15-14-17-23(24)2/h14-15,17-18,25,27-28,33H,5-13,16,19-22H2,1-4H3,(H,31,32)/t25-,27+,28-,30-/m0/s1. The summed E-state index contributed by atoms with van der Waals surface area (Å²) in [7, 11) is 0. The second kappa shape index (κ2) is 14.6. The third kappa shape index (κ3) is 9.03. The molecule has 0 spiro atoms. The lowest BCUT2D eigenvalue weighted by Gasteiger charge is -2.28. The second-order valence-electron chi connectivity index (χ2n) is 11.1. The van der Waals surface area contributed by atoms with E-state index in [2.05, 4.69) is 12.2 Å². The van der Waals surface area contributed by atoms with Gasteiger partial charge in [-0.3, -0.25) is 4.79 Å². The fourth-order valence-electron chi connectivity index (χ4n) is 5.31. The van der Waals surface area contributed by atoms with Crippen LogP contribution < -0.4 is 5.32 Å². The van der Waals surface area contributed by atoms with Gasteiger partial charge in [-0.1, -0.05) is 89.0 Å². The van der Waals surface area contributed by atoms with Gasteiger partial charge < -0.3 is 29.4 Å². The van der Waals surface area contributed by atoms with Crippen LogP contribution in [-0.2, 0) is 30.2 Å². The van der Waals surface area contributed by atoms with E-state index in [0.29, 0.717) is 6.61 Å². The molecule has 0 saturated carbocycles. The Morgan fingerprint density at radius 2 is 1.65 bits per heavy atom. The van der Waals surface area contributed by atoms with Crippen molar-refractivity contribution in [3.8, 4) is 0 Å². The van der Waals surface area contributed by atoms with Crippen molar-refractivity contribution in [1.29, 1.82) is 0 Å². The maximum absolute atomic E-state index is 12.5. The number of hydrogen-bond acceptors (Lipinski definition) is 6. The number of unbranched alkanes of at least 4 members (excludes halogenated alkanes) is 9. The fraction of sp³-hybridized carbons (Fsp3) is 0.767. The van der Waals surface area contributed by atoms with Crippen LogP contribution in [0.1, 0.15) is 96.1 Å². The molecule has 1 aromatic rings. The lowest BCUT2D eigenvalue weighted by Crippen LogP contribution is -2.45. The van der Waals surface area contributed by atoms with Gasteiger partial charge in [0.2, 0.25) is 11.7 Å². The SMILES string of the molecule is CCCCCCCCCCCCOC[C@@]12O[C@@H](CNC(=O)Cc3ccccc3C)[C@@H](O)[C@@H]1OC(C)(C)O2. The van der Waals surface area contributed by atoms with E-state index in [1.54, 1.807) is 0 Å². The minimum atomic E-state index is -1.17. The van der Waals surface area contributed by atoms with Crippen LogP contribution in [-0.4, -0.2) is 60.7 Å². The molecular weight excluding hydrogens is 470 g/mol. The Balaban J connectivity index is 1.38. The van der Waals surface area contributed by atoms with Gasteiger partial charge in [-0.05, 0) is 38.3 Å². The van der Waals surface area contributed by atoms with Crippen LogP contribution in [0.15, 0.2) is 24.3 Å². The Kier molecular flexibility index (Phi) is 11.8. The molecule has 7 heteroatoms. The summed E-state index contributed by atoms with van der Waals surface area (Å²) in [5, 5.41) is 13.9. The molecule has 0 unspecified atom stereocenters. The molecule has 1 amide bonds. The van der Waals surface area contributed by atoms with Crippen LogP contribution in [0, 0.1) is 6.92 Å². The molecule has 0 aliphatic carbocycles. The molecule has 7 nitrogen and oxygen atoms in total. The number of aryl methyl sites for hydroxylation is 1. The molecule has 2 aliphatic heterocycles. The highest BCUT2D eigenvalue weighted by molar-refractivity contribution is 5.78. The smallest absolute Gasteiger partial charge is 0.224 e. The molecule has 2 fully saturated rings. The van der Waals surface area contributed by atoms with Gasteiger partial charge in [-0.15, -0.1) is 0 Å². The largest absolute Gasteiger partial charge is 0.387 e. The number of hydrogen-bond donors (Lipinski definition) is 2. The first-order valence-electron chi connectivity index (χ1n) is 14.4. The van der Waals surface area contributed by atoms with Crippen molar-refractivity contribution >= 4 is 5.91 Å². The summed E-state index contributed by atoms with van der Waals surface area (Å²) in [6, 6.07) is 7.82. The molecule has 2 heterocycles. The Morgan fingerprint density at radius 1 is 1.00 bits per heavy atom. The topological polar surface area (TPSA) is 86.3 Å². The number of rotatable bonds is 17. The number of ether oxygens (including phenoxy) is 4. The highest BCUT2D eigenvalue weighted by atomic mass is 16.9. The Hall–Kier alpha value is -1.51. The predicted molar refractivity (Wildman–Crippen MR) is 144 cm³/mol. The summed E-state index contributed by atoms with van der Waals surface area (Å²) < 4.78 is 24.3. The van der Waals surface area contributed by atoms with E-state index >= 15 is 0 Å². The summed E-state index contributed by atoms with van der Waals surface area (Å²) in [6.45, 7) is 8.84. The summed E-state index contributed by atoms with van der Waals surface area (Å²) in [4.78, 5) is 12.5. The third-order valence-corrected chi connectivity index (χ3v) is 7.36. The zero-order chi connectivity index (χ0) is 26.7. The highest BCUT2D eigenvalue weighted by Crippen LogP contribution is 2.45. The van der Waals surface area contributed by atoms with Crippen molar-refractivity contribution in [1.82, 2.24) is 5.32 Å². The Morgan fingerprint density at radius 3 is 2.32 bits per heavy atom. The monoisotopic (exact) mass is 519 g/mol. The van der Waals surface area contributed by atoms with Crippen molar-refractivity contribution in [2.75, 3.05) is 19.8 Å². The van der Waals surface area contributed by atoms with Gasteiger partial charge in [-0.25, -0.2) is 0 Å². The maximum Gasteiger partial charge on any atom is 0.224 e. The number of fused-ring (bicyclic) bond motifs is 1. The summed E-state index contributed by atoms with van der Waals surface area (Å²) in [5.41, 5.74) is 2.06. The van der Waals surface area contributed by atoms with Crippen molar-refractivity contribution in [2.24, 2.45) is 0 Å². The molecule has 2 aliphatic rings. The number of carbonyl (C=O) groups is 1. The van der Waals surface area contributed by atoms with Crippen molar-refractivity contribution in [2.45, 2.75) is 128 Å². The van der Waals surface area contributed by atoms with Gasteiger partial charge in [0.1, 0.15) is 24.9 Å². The average molecular weight is 520 g/mol. The zero-order valence-electron chi connectivity index (χ0n) is 23.4. The van der Waals surface area contributed by atoms with Gasteiger partial charge in [0.25, 0.3) is 0 Å². The number of nitrogens with one attached hydrogen (secondary N) is 1. The van der Waals surface area contributed by atoms with E-state index in [9.17, 15) is 9.90 Å². The van der Waals surface area contributed by atoms with E-state index in [0.717, 1.165) is 24.0 Å². The molecule has 37 heavy (non-hydrogen) atoms. The van der Waals surface area contributed by atoms with Crippen LogP contribution in [0.4, 0.5) is 0 Å². The van der Waals surface area contributed by atoms with Crippen LogP contribution in [0.25, 0.3) is 0 Å². The minimum Gasteiger partial charge on any atom is -0.387 e. The number of aliphatic hydroxyl groups is 1. The van der Waals surface area contributed by atoms with Crippen LogP contribution >= 0.6 is 0 Å². The van der Waals surface area contributed by atoms with E-state index < -0.39 is 29.9 Å². The molecule has 1 aromatic carbocycles. The summed E-state index contributed by atoms with van der Waals surface area (Å²) >= 11 is 0. The Labute approximate surface area is 223 Å². The number of benzene rings is 1. The zero-order valence-corrected chi connectivity index (χ0v) is 23.4. The number of aliphatic hydroxyl groups excluding tert-OH is 1. The van der Waals surface area contributed by atoms with Gasteiger partial charge in [0.05, 0.1) is 6.42 Å². The summed E-state index contributed by atoms with van der Waals surface area (Å²) in [5.74, 6) is -2.17. The van der Waals surface area contributed by atoms with Crippen LogP contribution in [0.5, 0.6) is 0 Å².